The standard InChI is InChI=1S/C57H41N3/c1-2-12-36(13-3-1)54-58-55(38-22-23-46-44-18-7-6-16-42(44)43-17-8-9-19-45(43)50(46)31-38)60-56(59-54)48-20-10-14-37-30-51-47-24-21-35-11-4-5-15-41(35)53(47)57(52(51)32-49(37)48)39-26-33-25-34(28-39)29-40(57)27-33/h1-24,30-34,39-40H,25-29H2. The van der Waals surface area contributed by atoms with Gasteiger partial charge >= 0.3 is 0 Å². The first-order valence-corrected chi connectivity index (χ1v) is 21.9. The van der Waals surface area contributed by atoms with Crippen molar-refractivity contribution in [3.05, 3.63) is 175 Å². The summed E-state index contributed by atoms with van der Waals surface area (Å²) < 4.78 is 0. The topological polar surface area (TPSA) is 38.7 Å². The molecule has 1 heterocycles. The predicted octanol–water partition coefficient (Wildman–Crippen LogP) is 14.4. The molecule has 4 bridgehead atoms. The van der Waals surface area contributed by atoms with E-state index in [0.717, 1.165) is 28.5 Å². The van der Waals surface area contributed by atoms with Gasteiger partial charge in [-0.05, 0) is 150 Å². The Hall–Kier alpha value is -6.71. The number of benzene rings is 9. The molecule has 1 spiro atoms. The largest absolute Gasteiger partial charge is 0.208 e. The normalized spacial score (nSPS) is 22.4. The molecule has 5 aliphatic rings. The van der Waals surface area contributed by atoms with E-state index >= 15 is 0 Å². The Labute approximate surface area is 348 Å². The lowest BCUT2D eigenvalue weighted by Gasteiger charge is -2.61. The number of fused-ring (bicyclic) bond motifs is 12. The summed E-state index contributed by atoms with van der Waals surface area (Å²) in [5.41, 5.74) is 9.11. The molecule has 1 aromatic heterocycles. The van der Waals surface area contributed by atoms with Crippen LogP contribution >= 0.6 is 0 Å². The van der Waals surface area contributed by atoms with Crippen LogP contribution in [0.15, 0.2) is 164 Å². The summed E-state index contributed by atoms with van der Waals surface area (Å²) >= 11 is 0. The highest BCUT2D eigenvalue weighted by Gasteiger charge is 2.62. The minimum absolute atomic E-state index is 0.0255. The van der Waals surface area contributed by atoms with E-state index in [-0.39, 0.29) is 5.41 Å². The molecule has 10 aromatic rings. The molecule has 284 valence electrons. The molecule has 4 fully saturated rings. The van der Waals surface area contributed by atoms with Crippen molar-refractivity contribution < 1.29 is 0 Å². The van der Waals surface area contributed by atoms with Crippen molar-refractivity contribution in [1.82, 2.24) is 15.0 Å². The molecule has 0 unspecified atom stereocenters. The van der Waals surface area contributed by atoms with E-state index in [4.69, 9.17) is 15.0 Å². The molecule has 0 aliphatic heterocycles. The number of rotatable bonds is 3. The third kappa shape index (κ3) is 4.47. The molecule has 15 rings (SSSR count). The Bertz CT molecular complexity index is 3390. The van der Waals surface area contributed by atoms with Crippen LogP contribution in [-0.2, 0) is 5.41 Å². The van der Waals surface area contributed by atoms with Gasteiger partial charge in [-0.2, -0.15) is 0 Å². The van der Waals surface area contributed by atoms with Crippen molar-refractivity contribution in [2.45, 2.75) is 37.5 Å². The van der Waals surface area contributed by atoms with Gasteiger partial charge in [-0.25, -0.2) is 15.0 Å². The summed E-state index contributed by atoms with van der Waals surface area (Å²) in [7, 11) is 0. The van der Waals surface area contributed by atoms with Gasteiger partial charge in [-0.3, -0.25) is 0 Å². The molecule has 0 radical (unpaired) electrons. The van der Waals surface area contributed by atoms with E-state index < -0.39 is 0 Å². The van der Waals surface area contributed by atoms with Crippen molar-refractivity contribution >= 4 is 53.9 Å². The molecular weight excluding hydrogens is 727 g/mol. The minimum Gasteiger partial charge on any atom is -0.208 e. The molecule has 3 nitrogen and oxygen atoms in total. The Balaban J connectivity index is 1.01. The Morgan fingerprint density at radius 3 is 1.65 bits per heavy atom. The second-order valence-electron chi connectivity index (χ2n) is 18.3. The van der Waals surface area contributed by atoms with E-state index in [0.29, 0.717) is 29.3 Å². The van der Waals surface area contributed by atoms with Crippen LogP contribution in [0, 0.1) is 23.7 Å². The highest BCUT2D eigenvalue weighted by Crippen LogP contribution is 2.70. The average molecular weight is 768 g/mol. The molecule has 0 amide bonds. The van der Waals surface area contributed by atoms with E-state index in [9.17, 15) is 0 Å². The van der Waals surface area contributed by atoms with E-state index in [1.54, 1.807) is 11.1 Å². The van der Waals surface area contributed by atoms with Gasteiger partial charge in [0.25, 0.3) is 0 Å². The second kappa shape index (κ2) is 12.2. The van der Waals surface area contributed by atoms with Gasteiger partial charge in [0.05, 0.1) is 0 Å². The first-order valence-electron chi connectivity index (χ1n) is 21.9. The smallest absolute Gasteiger partial charge is 0.164 e. The van der Waals surface area contributed by atoms with Gasteiger partial charge in [0, 0.05) is 22.1 Å². The fraction of sp³-hybridized carbons (Fsp3) is 0.175. The Morgan fingerprint density at radius 1 is 0.350 bits per heavy atom. The molecule has 0 N–H and O–H groups in total. The van der Waals surface area contributed by atoms with E-state index in [1.807, 2.05) is 0 Å². The lowest BCUT2D eigenvalue weighted by atomic mass is 9.43. The van der Waals surface area contributed by atoms with E-state index in [1.165, 1.54) is 97.1 Å². The van der Waals surface area contributed by atoms with Gasteiger partial charge in [0.1, 0.15) is 0 Å². The van der Waals surface area contributed by atoms with Crippen LogP contribution in [0.3, 0.4) is 0 Å². The van der Waals surface area contributed by atoms with Crippen LogP contribution in [0.1, 0.15) is 43.2 Å². The Kier molecular flexibility index (Phi) is 6.73. The summed E-state index contributed by atoms with van der Waals surface area (Å²) in [5, 5.41) is 12.8. The molecule has 5 aliphatic carbocycles. The fourth-order valence-corrected chi connectivity index (χ4v) is 13.3. The van der Waals surface area contributed by atoms with Crippen LogP contribution in [0.2, 0.25) is 0 Å². The summed E-state index contributed by atoms with van der Waals surface area (Å²) in [6.07, 6.45) is 6.84. The van der Waals surface area contributed by atoms with Crippen molar-refractivity contribution in [3.8, 4) is 45.3 Å². The van der Waals surface area contributed by atoms with Crippen molar-refractivity contribution in [2.24, 2.45) is 23.7 Å². The summed E-state index contributed by atoms with van der Waals surface area (Å²) in [6.45, 7) is 0. The Morgan fingerprint density at radius 2 is 0.933 bits per heavy atom. The first kappa shape index (κ1) is 33.2. The monoisotopic (exact) mass is 767 g/mol. The molecule has 60 heavy (non-hydrogen) atoms. The molecule has 9 aromatic carbocycles. The molecule has 3 heteroatoms. The van der Waals surface area contributed by atoms with Gasteiger partial charge in [-0.15, -0.1) is 0 Å². The quantitative estimate of drug-likeness (QED) is 0.168. The number of hydrogen-bond acceptors (Lipinski definition) is 3. The SMILES string of the molecule is c1ccc(-c2nc(-c3ccc4c5ccccc5c5ccccc5c4c3)nc(-c3cccc4cc5c(cc34)C3(c4c-5ccc5ccccc45)C4CC5CC(C4)CC3C5)n2)cc1. The lowest BCUT2D eigenvalue weighted by molar-refractivity contribution is -0.0393. The molecule has 4 saturated carbocycles. The summed E-state index contributed by atoms with van der Waals surface area (Å²) in [5.74, 6) is 5.18. The van der Waals surface area contributed by atoms with Crippen LogP contribution in [0.25, 0.3) is 99.2 Å². The zero-order chi connectivity index (χ0) is 39.1. The maximum Gasteiger partial charge on any atom is 0.164 e. The third-order valence-corrected chi connectivity index (χ3v) is 15.4. The van der Waals surface area contributed by atoms with Crippen LogP contribution in [0.5, 0.6) is 0 Å². The van der Waals surface area contributed by atoms with Crippen LogP contribution < -0.4 is 0 Å². The molecular formula is C57H41N3. The van der Waals surface area contributed by atoms with Crippen LogP contribution in [0.4, 0.5) is 0 Å². The number of hydrogen-bond donors (Lipinski definition) is 0. The zero-order valence-corrected chi connectivity index (χ0v) is 33.3. The summed E-state index contributed by atoms with van der Waals surface area (Å²) in [4.78, 5) is 16.0. The second-order valence-corrected chi connectivity index (χ2v) is 18.3. The average Bonchev–Trinajstić information content (AvgIpc) is 3.59. The van der Waals surface area contributed by atoms with Crippen molar-refractivity contribution in [1.29, 1.82) is 0 Å². The van der Waals surface area contributed by atoms with Gasteiger partial charge in [0.2, 0.25) is 0 Å². The third-order valence-electron chi connectivity index (χ3n) is 15.4. The first-order chi connectivity index (χ1) is 29.7. The predicted molar refractivity (Wildman–Crippen MR) is 247 cm³/mol. The van der Waals surface area contributed by atoms with Gasteiger partial charge < -0.3 is 0 Å². The minimum atomic E-state index is 0.0255. The summed E-state index contributed by atoms with van der Waals surface area (Å²) in [6, 6.07) is 60.5. The molecule has 0 saturated heterocycles. The van der Waals surface area contributed by atoms with Crippen molar-refractivity contribution in [2.75, 3.05) is 0 Å². The zero-order valence-electron chi connectivity index (χ0n) is 33.3. The number of nitrogens with zero attached hydrogens (tertiary/aromatic N) is 3. The molecule has 0 atom stereocenters. The van der Waals surface area contributed by atoms with Gasteiger partial charge in [-0.1, -0.05) is 146 Å². The van der Waals surface area contributed by atoms with Gasteiger partial charge in [0.15, 0.2) is 17.5 Å². The van der Waals surface area contributed by atoms with E-state index in [2.05, 4.69) is 164 Å². The highest BCUT2D eigenvalue weighted by molar-refractivity contribution is 6.25. The maximum absolute atomic E-state index is 5.43. The van der Waals surface area contributed by atoms with Crippen LogP contribution in [-0.4, -0.2) is 15.0 Å². The van der Waals surface area contributed by atoms with Crippen molar-refractivity contribution in [3.63, 3.8) is 0 Å². The highest BCUT2D eigenvalue weighted by atomic mass is 15.0. The fourth-order valence-electron chi connectivity index (χ4n) is 13.3. The maximum atomic E-state index is 5.43. The lowest BCUT2D eigenvalue weighted by Crippen LogP contribution is -2.55. The number of aromatic nitrogens is 3.